The van der Waals surface area contributed by atoms with Gasteiger partial charge in [-0.05, 0) is 20.4 Å². The van der Waals surface area contributed by atoms with Gasteiger partial charge in [-0.3, -0.25) is 0 Å². The van der Waals surface area contributed by atoms with E-state index in [4.69, 9.17) is 0 Å². The average Bonchev–Trinajstić information content (AvgIpc) is 2.27. The predicted molar refractivity (Wildman–Crippen MR) is 53.6 cm³/mol. The molecule has 1 saturated heterocycles. The van der Waals surface area contributed by atoms with Crippen molar-refractivity contribution in [2.24, 2.45) is 0 Å². The van der Waals surface area contributed by atoms with Crippen LogP contribution in [-0.4, -0.2) is 45.6 Å². The normalized spacial score (nSPS) is 32.2. The monoisotopic (exact) mass is 206 g/mol. The molecule has 5 heteroatoms. The van der Waals surface area contributed by atoms with Crippen molar-refractivity contribution in [3.63, 3.8) is 0 Å². The van der Waals surface area contributed by atoms with Gasteiger partial charge in [0.05, 0.1) is 11.5 Å². The largest absolute Gasteiger partial charge is 0.318 e. The van der Waals surface area contributed by atoms with E-state index >= 15 is 0 Å². The lowest BCUT2D eigenvalue weighted by Gasteiger charge is -2.23. The molecule has 0 amide bonds. The number of likely N-dealkylation sites (N-methyl/N-ethyl adjacent to an activating group) is 1. The molecule has 0 spiro atoms. The first kappa shape index (κ1) is 10.9. The van der Waals surface area contributed by atoms with E-state index in [0.717, 1.165) is 19.5 Å². The highest BCUT2D eigenvalue weighted by atomic mass is 32.2. The summed E-state index contributed by atoms with van der Waals surface area (Å²) in [6.45, 7) is 3.67. The van der Waals surface area contributed by atoms with E-state index in [1.54, 1.807) is 0 Å². The third-order valence-corrected chi connectivity index (χ3v) is 4.33. The first-order valence-corrected chi connectivity index (χ1v) is 6.40. The van der Waals surface area contributed by atoms with Crippen molar-refractivity contribution < 1.29 is 8.42 Å². The van der Waals surface area contributed by atoms with E-state index in [1.807, 2.05) is 14.0 Å². The molecular formula is C8H18N2O2S. The maximum absolute atomic E-state index is 11.2. The summed E-state index contributed by atoms with van der Waals surface area (Å²) in [5, 5.41) is 6.29. The van der Waals surface area contributed by atoms with Gasteiger partial charge >= 0.3 is 0 Å². The Morgan fingerprint density at radius 1 is 1.38 bits per heavy atom. The minimum Gasteiger partial charge on any atom is -0.318 e. The minimum atomic E-state index is -2.77. The van der Waals surface area contributed by atoms with Crippen LogP contribution in [0.3, 0.4) is 0 Å². The highest BCUT2D eigenvalue weighted by molar-refractivity contribution is 7.91. The first-order chi connectivity index (χ1) is 5.97. The van der Waals surface area contributed by atoms with E-state index in [0.29, 0.717) is 5.75 Å². The molecule has 0 aromatic heterocycles. The van der Waals surface area contributed by atoms with Gasteiger partial charge in [0.15, 0.2) is 9.84 Å². The number of rotatable bonds is 4. The molecule has 13 heavy (non-hydrogen) atoms. The Bertz CT molecular complexity index is 263. The van der Waals surface area contributed by atoms with Gasteiger partial charge in [-0.1, -0.05) is 0 Å². The van der Waals surface area contributed by atoms with Crippen molar-refractivity contribution in [3.8, 4) is 0 Å². The Balaban J connectivity index is 2.41. The van der Waals surface area contributed by atoms with Crippen molar-refractivity contribution in [2.75, 3.05) is 31.6 Å². The Morgan fingerprint density at radius 2 is 2.08 bits per heavy atom. The van der Waals surface area contributed by atoms with Crippen LogP contribution in [0.25, 0.3) is 0 Å². The second-order valence-electron chi connectivity index (χ2n) is 3.93. The van der Waals surface area contributed by atoms with Crippen molar-refractivity contribution >= 4 is 9.84 Å². The molecule has 1 aliphatic heterocycles. The van der Waals surface area contributed by atoms with Crippen LogP contribution in [0.5, 0.6) is 0 Å². The van der Waals surface area contributed by atoms with E-state index in [-0.39, 0.29) is 11.3 Å². The molecule has 1 fully saturated rings. The highest BCUT2D eigenvalue weighted by Crippen LogP contribution is 2.22. The van der Waals surface area contributed by atoms with Gasteiger partial charge in [-0.25, -0.2) is 8.42 Å². The molecule has 0 bridgehead atoms. The third kappa shape index (κ3) is 3.25. The van der Waals surface area contributed by atoms with Crippen LogP contribution < -0.4 is 10.6 Å². The molecule has 78 valence electrons. The zero-order valence-electron chi connectivity index (χ0n) is 8.26. The zero-order chi connectivity index (χ0) is 9.95. The summed E-state index contributed by atoms with van der Waals surface area (Å²) >= 11 is 0. The van der Waals surface area contributed by atoms with Gasteiger partial charge < -0.3 is 10.6 Å². The van der Waals surface area contributed by atoms with Gasteiger partial charge in [0.2, 0.25) is 0 Å². The molecule has 4 nitrogen and oxygen atoms in total. The summed E-state index contributed by atoms with van der Waals surface area (Å²) in [6, 6.07) is 0. The fourth-order valence-corrected chi connectivity index (χ4v) is 3.76. The number of hydrogen-bond acceptors (Lipinski definition) is 4. The quantitative estimate of drug-likeness (QED) is 0.602. The first-order valence-electron chi connectivity index (χ1n) is 4.57. The van der Waals surface area contributed by atoms with E-state index in [9.17, 15) is 8.42 Å². The van der Waals surface area contributed by atoms with Crippen LogP contribution in [-0.2, 0) is 9.84 Å². The molecule has 0 aromatic rings. The SMILES string of the molecule is CNCCNC1(C)CCS(=O)(=O)C1. The Labute approximate surface area is 80.0 Å². The topological polar surface area (TPSA) is 58.2 Å². The van der Waals surface area contributed by atoms with E-state index < -0.39 is 9.84 Å². The van der Waals surface area contributed by atoms with Gasteiger partial charge in [-0.2, -0.15) is 0 Å². The third-order valence-electron chi connectivity index (χ3n) is 2.43. The van der Waals surface area contributed by atoms with Crippen LogP contribution in [0.15, 0.2) is 0 Å². The maximum Gasteiger partial charge on any atom is 0.152 e. The van der Waals surface area contributed by atoms with Crippen molar-refractivity contribution in [1.29, 1.82) is 0 Å². The van der Waals surface area contributed by atoms with Crippen LogP contribution in [0.2, 0.25) is 0 Å². The molecule has 1 unspecified atom stereocenters. The number of hydrogen-bond donors (Lipinski definition) is 2. The van der Waals surface area contributed by atoms with Gasteiger partial charge in [0.25, 0.3) is 0 Å². The van der Waals surface area contributed by atoms with E-state index in [1.165, 1.54) is 0 Å². The molecule has 0 aromatic carbocycles. The summed E-state index contributed by atoms with van der Waals surface area (Å²) in [4.78, 5) is 0. The van der Waals surface area contributed by atoms with Gasteiger partial charge in [0, 0.05) is 18.6 Å². The lowest BCUT2D eigenvalue weighted by molar-refractivity contribution is 0.398. The molecular weight excluding hydrogens is 188 g/mol. The number of nitrogens with one attached hydrogen (secondary N) is 2. The Morgan fingerprint density at radius 3 is 2.54 bits per heavy atom. The highest BCUT2D eigenvalue weighted by Gasteiger charge is 2.37. The van der Waals surface area contributed by atoms with Crippen molar-refractivity contribution in [1.82, 2.24) is 10.6 Å². The minimum absolute atomic E-state index is 0.199. The van der Waals surface area contributed by atoms with Crippen LogP contribution in [0.4, 0.5) is 0 Å². The second kappa shape index (κ2) is 3.94. The van der Waals surface area contributed by atoms with Crippen molar-refractivity contribution in [2.45, 2.75) is 18.9 Å². The maximum atomic E-state index is 11.2. The predicted octanol–water partition coefficient (Wildman–Crippen LogP) is -0.627. The van der Waals surface area contributed by atoms with E-state index in [2.05, 4.69) is 10.6 Å². The smallest absolute Gasteiger partial charge is 0.152 e. The van der Waals surface area contributed by atoms with Crippen LogP contribution in [0, 0.1) is 0 Å². The van der Waals surface area contributed by atoms with Crippen LogP contribution in [0.1, 0.15) is 13.3 Å². The summed E-state index contributed by atoms with van der Waals surface area (Å²) in [5.74, 6) is 0.611. The van der Waals surface area contributed by atoms with Gasteiger partial charge in [0.1, 0.15) is 0 Å². The molecule has 1 aliphatic rings. The summed E-state index contributed by atoms with van der Waals surface area (Å²) < 4.78 is 22.4. The fourth-order valence-electron chi connectivity index (χ4n) is 1.64. The zero-order valence-corrected chi connectivity index (χ0v) is 9.08. The van der Waals surface area contributed by atoms with Crippen molar-refractivity contribution in [3.05, 3.63) is 0 Å². The Kier molecular flexibility index (Phi) is 3.32. The molecule has 1 heterocycles. The number of sulfone groups is 1. The Hall–Kier alpha value is -0.130. The molecule has 0 saturated carbocycles. The average molecular weight is 206 g/mol. The standard InChI is InChI=1S/C8H18N2O2S/c1-8(10-5-4-9-2)3-6-13(11,12)7-8/h9-10H,3-7H2,1-2H3. The van der Waals surface area contributed by atoms with Crippen LogP contribution >= 0.6 is 0 Å². The fraction of sp³-hybridized carbons (Fsp3) is 1.00. The molecule has 0 aliphatic carbocycles. The molecule has 1 rings (SSSR count). The lowest BCUT2D eigenvalue weighted by atomic mass is 10.0. The lowest BCUT2D eigenvalue weighted by Crippen LogP contribution is -2.45. The molecule has 2 N–H and O–H groups in total. The summed E-state index contributed by atoms with van der Waals surface area (Å²) in [7, 11) is -0.890. The summed E-state index contributed by atoms with van der Waals surface area (Å²) in [5.41, 5.74) is -0.199. The van der Waals surface area contributed by atoms with Gasteiger partial charge in [-0.15, -0.1) is 0 Å². The molecule has 1 atom stereocenters. The second-order valence-corrected chi connectivity index (χ2v) is 6.12. The summed E-state index contributed by atoms with van der Waals surface area (Å²) in [6.07, 6.45) is 0.735. The molecule has 0 radical (unpaired) electrons.